The molecule has 12 heavy (non-hydrogen) atoms. The van der Waals surface area contributed by atoms with Gasteiger partial charge in [0.05, 0.1) is 12.4 Å². The van der Waals surface area contributed by atoms with Gasteiger partial charge in [0.1, 0.15) is 6.33 Å². The second-order valence-electron chi connectivity index (χ2n) is 1.99. The molecule has 0 aliphatic rings. The van der Waals surface area contributed by atoms with Gasteiger partial charge in [-0.15, -0.1) is 0 Å². The fourth-order valence-corrected chi connectivity index (χ4v) is 0.626. The van der Waals surface area contributed by atoms with Crippen LogP contribution in [0, 0.1) is 0 Å². The molecule has 1 amide bonds. The van der Waals surface area contributed by atoms with E-state index in [1.807, 2.05) is 6.92 Å². The lowest BCUT2D eigenvalue weighted by atomic mass is 10.6. The van der Waals surface area contributed by atoms with Gasteiger partial charge >= 0.3 is 6.09 Å². The minimum absolute atomic E-state index is 0.337. The van der Waals surface area contributed by atoms with Crippen molar-refractivity contribution in [3.63, 3.8) is 0 Å². The van der Waals surface area contributed by atoms with Gasteiger partial charge in [0.25, 0.3) is 0 Å². The summed E-state index contributed by atoms with van der Waals surface area (Å²) >= 11 is 0. The lowest BCUT2D eigenvalue weighted by molar-refractivity contribution is 0.201. The third kappa shape index (κ3) is 2.53. The predicted molar refractivity (Wildman–Crippen MR) is 41.7 cm³/mol. The lowest BCUT2D eigenvalue weighted by Crippen LogP contribution is -2.26. The van der Waals surface area contributed by atoms with Crippen molar-refractivity contribution in [1.82, 2.24) is 15.3 Å². The molecular formula is C7H9N3O2. The molecule has 0 aliphatic heterocycles. The van der Waals surface area contributed by atoms with E-state index in [0.717, 1.165) is 0 Å². The van der Waals surface area contributed by atoms with Crippen molar-refractivity contribution in [2.24, 2.45) is 0 Å². The van der Waals surface area contributed by atoms with Crippen molar-refractivity contribution in [1.29, 1.82) is 0 Å². The van der Waals surface area contributed by atoms with Gasteiger partial charge in [-0.05, 0) is 6.92 Å². The second-order valence-corrected chi connectivity index (χ2v) is 1.99. The van der Waals surface area contributed by atoms with Crippen LogP contribution in [0.25, 0.3) is 0 Å². The van der Waals surface area contributed by atoms with E-state index in [2.05, 4.69) is 15.3 Å². The summed E-state index contributed by atoms with van der Waals surface area (Å²) in [7, 11) is 0. The Morgan fingerprint density at radius 2 is 2.25 bits per heavy atom. The maximum absolute atomic E-state index is 10.8. The number of carbonyl (C=O) groups is 1. The van der Waals surface area contributed by atoms with E-state index in [0.29, 0.717) is 12.3 Å². The number of carbonyl (C=O) groups excluding carboxylic acids is 1. The van der Waals surface area contributed by atoms with E-state index in [4.69, 9.17) is 4.74 Å². The van der Waals surface area contributed by atoms with Crippen LogP contribution in [-0.4, -0.2) is 22.6 Å². The van der Waals surface area contributed by atoms with Gasteiger partial charge in [-0.2, -0.15) is 0 Å². The number of nitrogens with zero attached hydrogens (tertiary/aromatic N) is 2. The van der Waals surface area contributed by atoms with Crippen LogP contribution < -0.4 is 10.1 Å². The Morgan fingerprint density at radius 3 is 2.83 bits per heavy atom. The SMILES string of the molecule is CCNC(=O)Oc1cncnc1. The minimum Gasteiger partial charge on any atom is -0.407 e. The number of hydrogen-bond acceptors (Lipinski definition) is 4. The quantitative estimate of drug-likeness (QED) is 0.699. The minimum atomic E-state index is -0.493. The highest BCUT2D eigenvalue weighted by atomic mass is 16.6. The highest BCUT2D eigenvalue weighted by Crippen LogP contribution is 2.03. The topological polar surface area (TPSA) is 64.1 Å². The zero-order valence-electron chi connectivity index (χ0n) is 6.65. The lowest BCUT2D eigenvalue weighted by Gasteiger charge is -2.02. The van der Waals surface area contributed by atoms with E-state index >= 15 is 0 Å². The predicted octanol–water partition coefficient (Wildman–Crippen LogP) is 0.585. The van der Waals surface area contributed by atoms with Crippen molar-refractivity contribution in [2.75, 3.05) is 6.54 Å². The van der Waals surface area contributed by atoms with Crippen molar-refractivity contribution < 1.29 is 9.53 Å². The first-order valence-corrected chi connectivity index (χ1v) is 3.53. The van der Waals surface area contributed by atoms with E-state index in [1.54, 1.807) is 0 Å². The van der Waals surface area contributed by atoms with E-state index in [-0.39, 0.29) is 0 Å². The second kappa shape index (κ2) is 4.27. The van der Waals surface area contributed by atoms with Crippen LogP contribution in [0.2, 0.25) is 0 Å². The number of rotatable bonds is 2. The molecule has 0 unspecified atom stereocenters. The van der Waals surface area contributed by atoms with Crippen LogP contribution in [0.3, 0.4) is 0 Å². The maximum Gasteiger partial charge on any atom is 0.412 e. The van der Waals surface area contributed by atoms with Crippen molar-refractivity contribution >= 4 is 6.09 Å². The Balaban J connectivity index is 2.47. The number of amides is 1. The van der Waals surface area contributed by atoms with Gasteiger partial charge in [0.15, 0.2) is 5.75 Å². The first-order valence-electron chi connectivity index (χ1n) is 3.53. The van der Waals surface area contributed by atoms with Crippen molar-refractivity contribution in [3.8, 4) is 5.75 Å². The Morgan fingerprint density at radius 1 is 1.58 bits per heavy atom. The van der Waals surface area contributed by atoms with E-state index < -0.39 is 6.09 Å². The molecule has 1 aromatic heterocycles. The van der Waals surface area contributed by atoms with E-state index in [1.165, 1.54) is 18.7 Å². The molecule has 64 valence electrons. The fourth-order valence-electron chi connectivity index (χ4n) is 0.626. The number of nitrogens with one attached hydrogen (secondary N) is 1. The zero-order valence-corrected chi connectivity index (χ0v) is 6.65. The summed E-state index contributed by atoms with van der Waals surface area (Å²) in [6, 6.07) is 0. The summed E-state index contributed by atoms with van der Waals surface area (Å²) < 4.78 is 4.78. The van der Waals surface area contributed by atoms with Gasteiger partial charge in [0, 0.05) is 6.54 Å². The Kier molecular flexibility index (Phi) is 3.01. The van der Waals surface area contributed by atoms with Crippen LogP contribution in [0.15, 0.2) is 18.7 Å². The normalized spacial score (nSPS) is 9.08. The zero-order chi connectivity index (χ0) is 8.81. The molecule has 0 fully saturated rings. The molecule has 0 bridgehead atoms. The summed E-state index contributed by atoms with van der Waals surface area (Å²) in [5, 5.41) is 2.48. The third-order valence-electron chi connectivity index (χ3n) is 1.07. The molecule has 1 aromatic rings. The Hall–Kier alpha value is -1.65. The highest BCUT2D eigenvalue weighted by Gasteiger charge is 2.00. The molecule has 0 radical (unpaired) electrons. The molecule has 0 saturated heterocycles. The first kappa shape index (κ1) is 8.45. The molecule has 1 rings (SSSR count). The summed E-state index contributed by atoms with van der Waals surface area (Å²) in [5.41, 5.74) is 0. The standard InChI is InChI=1S/C7H9N3O2/c1-2-10-7(11)12-6-3-8-5-9-4-6/h3-5H,2H2,1H3,(H,10,11). The molecular weight excluding hydrogens is 158 g/mol. The maximum atomic E-state index is 10.8. The summed E-state index contributed by atoms with van der Waals surface area (Å²) in [5.74, 6) is 0.337. The monoisotopic (exact) mass is 167 g/mol. The van der Waals surface area contributed by atoms with Crippen molar-refractivity contribution in [3.05, 3.63) is 18.7 Å². The Labute approximate surface area is 69.8 Å². The molecule has 0 aliphatic carbocycles. The average Bonchev–Trinajstić information content (AvgIpc) is 2.06. The summed E-state index contributed by atoms with van der Waals surface area (Å²) in [6.45, 7) is 2.34. The first-order chi connectivity index (χ1) is 5.83. The molecule has 0 atom stereocenters. The van der Waals surface area contributed by atoms with Crippen LogP contribution in [0.1, 0.15) is 6.92 Å². The number of ether oxygens (including phenoxy) is 1. The van der Waals surface area contributed by atoms with Gasteiger partial charge < -0.3 is 10.1 Å². The average molecular weight is 167 g/mol. The van der Waals surface area contributed by atoms with Gasteiger partial charge in [-0.3, -0.25) is 0 Å². The van der Waals surface area contributed by atoms with Gasteiger partial charge in [0.2, 0.25) is 0 Å². The van der Waals surface area contributed by atoms with Crippen LogP contribution in [0.5, 0.6) is 5.75 Å². The molecule has 0 aromatic carbocycles. The van der Waals surface area contributed by atoms with Crippen LogP contribution in [0.4, 0.5) is 4.79 Å². The molecule has 0 saturated carbocycles. The smallest absolute Gasteiger partial charge is 0.407 e. The third-order valence-corrected chi connectivity index (χ3v) is 1.07. The van der Waals surface area contributed by atoms with Gasteiger partial charge in [-0.25, -0.2) is 14.8 Å². The summed E-state index contributed by atoms with van der Waals surface area (Å²) in [6.07, 6.45) is 3.71. The number of aromatic nitrogens is 2. The Bertz CT molecular complexity index is 250. The molecule has 5 nitrogen and oxygen atoms in total. The van der Waals surface area contributed by atoms with Crippen LogP contribution >= 0.6 is 0 Å². The molecule has 1 heterocycles. The summed E-state index contributed by atoms with van der Waals surface area (Å²) in [4.78, 5) is 18.2. The molecule has 0 spiro atoms. The van der Waals surface area contributed by atoms with E-state index in [9.17, 15) is 4.79 Å². The highest BCUT2D eigenvalue weighted by molar-refractivity contribution is 5.69. The van der Waals surface area contributed by atoms with Gasteiger partial charge in [-0.1, -0.05) is 0 Å². The largest absolute Gasteiger partial charge is 0.412 e. The molecule has 5 heteroatoms. The number of hydrogen-bond donors (Lipinski definition) is 1. The molecule has 1 N–H and O–H groups in total. The van der Waals surface area contributed by atoms with Crippen molar-refractivity contribution in [2.45, 2.75) is 6.92 Å². The van der Waals surface area contributed by atoms with Crippen LogP contribution in [-0.2, 0) is 0 Å². The fraction of sp³-hybridized carbons (Fsp3) is 0.286.